The molecule has 5 heteroatoms. The van der Waals surface area contributed by atoms with E-state index in [2.05, 4.69) is 0 Å². The standard InChI is InChI=1S/C24H46O5/c1-23(2,21(25)26)18-14-10-6-8-12-16-20(29-5)17-13-9-7-11-15-19-24(3,4)22(27)28/h20H,6-19H2,1-5H3,(H,25,26)(H,27,28). The fourth-order valence-corrected chi connectivity index (χ4v) is 3.53. The molecule has 0 saturated heterocycles. The zero-order chi connectivity index (χ0) is 22.3. The number of hydrogen-bond donors (Lipinski definition) is 2. The van der Waals surface area contributed by atoms with Crippen molar-refractivity contribution in [3.8, 4) is 0 Å². The lowest BCUT2D eigenvalue weighted by molar-refractivity contribution is -0.148. The summed E-state index contributed by atoms with van der Waals surface area (Å²) in [6, 6.07) is 0. The Morgan fingerprint density at radius 3 is 1.28 bits per heavy atom. The maximum absolute atomic E-state index is 11.1. The molecule has 0 radical (unpaired) electrons. The fraction of sp³-hybridized carbons (Fsp3) is 0.917. The molecule has 5 nitrogen and oxygen atoms in total. The molecule has 0 aliphatic rings. The topological polar surface area (TPSA) is 83.8 Å². The predicted octanol–water partition coefficient (Wildman–Crippen LogP) is 6.68. The van der Waals surface area contributed by atoms with E-state index >= 15 is 0 Å². The van der Waals surface area contributed by atoms with Crippen LogP contribution >= 0.6 is 0 Å². The van der Waals surface area contributed by atoms with Gasteiger partial charge in [0.1, 0.15) is 0 Å². The Hall–Kier alpha value is -1.10. The summed E-state index contributed by atoms with van der Waals surface area (Å²) in [7, 11) is 1.80. The third kappa shape index (κ3) is 13.7. The average molecular weight is 415 g/mol. The first-order valence-electron chi connectivity index (χ1n) is 11.5. The molecular formula is C24H46O5. The van der Waals surface area contributed by atoms with Crippen molar-refractivity contribution in [3.63, 3.8) is 0 Å². The maximum atomic E-state index is 11.1. The Labute approximate surface area is 178 Å². The van der Waals surface area contributed by atoms with Gasteiger partial charge in [0.15, 0.2) is 0 Å². The second-order valence-electron chi connectivity index (χ2n) is 9.85. The summed E-state index contributed by atoms with van der Waals surface area (Å²) < 4.78 is 5.62. The highest BCUT2D eigenvalue weighted by molar-refractivity contribution is 5.73. The number of aliphatic carboxylic acids is 2. The zero-order valence-electron chi connectivity index (χ0n) is 19.6. The van der Waals surface area contributed by atoms with Crippen LogP contribution in [0, 0.1) is 10.8 Å². The van der Waals surface area contributed by atoms with Gasteiger partial charge in [0.25, 0.3) is 0 Å². The highest BCUT2D eigenvalue weighted by Gasteiger charge is 2.26. The molecule has 0 rings (SSSR count). The molecule has 0 unspecified atom stereocenters. The summed E-state index contributed by atoms with van der Waals surface area (Å²) >= 11 is 0. The molecule has 0 heterocycles. The van der Waals surface area contributed by atoms with E-state index in [1.807, 2.05) is 0 Å². The molecule has 0 aromatic heterocycles. The van der Waals surface area contributed by atoms with E-state index in [-0.39, 0.29) is 0 Å². The first kappa shape index (κ1) is 27.9. The van der Waals surface area contributed by atoms with Crippen molar-refractivity contribution >= 4 is 11.9 Å². The molecule has 29 heavy (non-hydrogen) atoms. The summed E-state index contributed by atoms with van der Waals surface area (Å²) in [6.45, 7) is 7.20. The molecule has 0 saturated carbocycles. The summed E-state index contributed by atoms with van der Waals surface area (Å²) in [6.07, 6.45) is 15.3. The smallest absolute Gasteiger partial charge is 0.309 e. The molecule has 2 N–H and O–H groups in total. The monoisotopic (exact) mass is 414 g/mol. The highest BCUT2D eigenvalue weighted by atomic mass is 16.5. The molecular weight excluding hydrogens is 368 g/mol. The number of methoxy groups -OCH3 is 1. The summed E-state index contributed by atoms with van der Waals surface area (Å²) in [5.41, 5.74) is -1.21. The van der Waals surface area contributed by atoms with Crippen LogP contribution in [0.3, 0.4) is 0 Å². The van der Waals surface area contributed by atoms with Crippen molar-refractivity contribution in [2.45, 2.75) is 124 Å². The molecule has 0 amide bonds. The van der Waals surface area contributed by atoms with Crippen LogP contribution in [0.4, 0.5) is 0 Å². The van der Waals surface area contributed by atoms with Crippen LogP contribution in [0.2, 0.25) is 0 Å². The van der Waals surface area contributed by atoms with Gasteiger partial charge in [0, 0.05) is 7.11 Å². The van der Waals surface area contributed by atoms with E-state index in [0.29, 0.717) is 6.10 Å². The van der Waals surface area contributed by atoms with Gasteiger partial charge in [-0.25, -0.2) is 0 Å². The van der Waals surface area contributed by atoms with E-state index in [0.717, 1.165) is 51.4 Å². The summed E-state index contributed by atoms with van der Waals surface area (Å²) in [5.74, 6) is -1.41. The number of hydrogen-bond acceptors (Lipinski definition) is 3. The normalized spacial score (nSPS) is 12.5. The Bertz CT molecular complexity index is 416. The number of carboxylic acid groups (broad SMARTS) is 2. The molecule has 0 spiro atoms. The van der Waals surface area contributed by atoms with Gasteiger partial charge in [-0.1, -0.05) is 64.2 Å². The Balaban J connectivity index is 3.63. The van der Waals surface area contributed by atoms with Crippen molar-refractivity contribution in [3.05, 3.63) is 0 Å². The second-order valence-corrected chi connectivity index (χ2v) is 9.85. The van der Waals surface area contributed by atoms with Gasteiger partial charge in [-0.05, 0) is 53.4 Å². The minimum atomic E-state index is -0.704. The van der Waals surface area contributed by atoms with Crippen molar-refractivity contribution in [1.82, 2.24) is 0 Å². The molecule has 172 valence electrons. The average Bonchev–Trinajstić information content (AvgIpc) is 2.64. The van der Waals surface area contributed by atoms with Crippen LogP contribution < -0.4 is 0 Å². The van der Waals surface area contributed by atoms with Crippen molar-refractivity contribution in [1.29, 1.82) is 0 Å². The van der Waals surface area contributed by atoms with Crippen LogP contribution in [0.25, 0.3) is 0 Å². The lowest BCUT2D eigenvalue weighted by atomic mass is 9.87. The van der Waals surface area contributed by atoms with Gasteiger partial charge in [-0.3, -0.25) is 9.59 Å². The van der Waals surface area contributed by atoms with Crippen LogP contribution in [-0.2, 0) is 14.3 Å². The van der Waals surface area contributed by atoms with Gasteiger partial charge in [-0.2, -0.15) is 0 Å². The van der Waals surface area contributed by atoms with E-state index in [1.54, 1.807) is 34.8 Å². The van der Waals surface area contributed by atoms with Crippen LogP contribution in [0.1, 0.15) is 118 Å². The van der Waals surface area contributed by atoms with Crippen molar-refractivity contribution in [2.75, 3.05) is 7.11 Å². The van der Waals surface area contributed by atoms with Gasteiger partial charge in [-0.15, -0.1) is 0 Å². The third-order valence-electron chi connectivity index (χ3n) is 6.15. The van der Waals surface area contributed by atoms with E-state index in [4.69, 9.17) is 14.9 Å². The van der Waals surface area contributed by atoms with Crippen molar-refractivity contribution in [2.24, 2.45) is 10.8 Å². The number of carboxylic acids is 2. The Kier molecular flexibility index (Phi) is 14.3. The SMILES string of the molecule is COC(CCCCCCCC(C)(C)C(=O)O)CCCCCCCC(C)(C)C(=O)O. The maximum Gasteiger partial charge on any atom is 0.309 e. The molecule has 0 aliphatic carbocycles. The summed E-state index contributed by atoms with van der Waals surface area (Å²) in [4.78, 5) is 22.2. The first-order valence-corrected chi connectivity index (χ1v) is 11.5. The number of carbonyl (C=O) groups is 2. The van der Waals surface area contributed by atoms with Crippen LogP contribution in [0.5, 0.6) is 0 Å². The quantitative estimate of drug-likeness (QED) is 0.230. The number of rotatable bonds is 19. The number of unbranched alkanes of at least 4 members (excludes halogenated alkanes) is 8. The lowest BCUT2D eigenvalue weighted by Gasteiger charge is -2.19. The Morgan fingerprint density at radius 2 is 0.966 bits per heavy atom. The second kappa shape index (κ2) is 14.8. The molecule has 0 atom stereocenters. The Morgan fingerprint density at radius 1 is 0.655 bits per heavy atom. The minimum absolute atomic E-state index is 0.340. The van der Waals surface area contributed by atoms with Gasteiger partial charge in [0.2, 0.25) is 0 Å². The third-order valence-corrected chi connectivity index (χ3v) is 6.15. The molecule has 0 aliphatic heterocycles. The molecule has 0 aromatic rings. The van der Waals surface area contributed by atoms with Crippen LogP contribution in [-0.4, -0.2) is 35.4 Å². The largest absolute Gasteiger partial charge is 0.481 e. The molecule has 0 aromatic carbocycles. The first-order chi connectivity index (χ1) is 13.5. The van der Waals surface area contributed by atoms with E-state index < -0.39 is 22.8 Å². The van der Waals surface area contributed by atoms with E-state index in [9.17, 15) is 9.59 Å². The lowest BCUT2D eigenvalue weighted by Crippen LogP contribution is -2.23. The minimum Gasteiger partial charge on any atom is -0.481 e. The molecule has 0 bridgehead atoms. The van der Waals surface area contributed by atoms with Gasteiger partial charge in [0.05, 0.1) is 16.9 Å². The van der Waals surface area contributed by atoms with E-state index in [1.165, 1.54) is 38.5 Å². The predicted molar refractivity (Wildman–Crippen MR) is 118 cm³/mol. The van der Waals surface area contributed by atoms with Gasteiger partial charge < -0.3 is 14.9 Å². The molecule has 0 fully saturated rings. The fourth-order valence-electron chi connectivity index (χ4n) is 3.53. The van der Waals surface area contributed by atoms with Crippen molar-refractivity contribution < 1.29 is 24.5 Å². The van der Waals surface area contributed by atoms with Gasteiger partial charge >= 0.3 is 11.9 Å². The number of ether oxygens (including phenoxy) is 1. The van der Waals surface area contributed by atoms with Crippen LogP contribution in [0.15, 0.2) is 0 Å². The highest BCUT2D eigenvalue weighted by Crippen LogP contribution is 2.25. The summed E-state index contributed by atoms with van der Waals surface area (Å²) in [5, 5.41) is 18.2. The zero-order valence-corrected chi connectivity index (χ0v) is 19.6.